The lowest BCUT2D eigenvalue weighted by atomic mass is 9.94. The third kappa shape index (κ3) is 5.58. The van der Waals surface area contributed by atoms with Gasteiger partial charge in [0.25, 0.3) is 0 Å². The smallest absolute Gasteiger partial charge is 0.126 e. The normalized spacial score (nSPS) is 16.6. The van der Waals surface area contributed by atoms with Crippen LogP contribution in [0.25, 0.3) is 0 Å². The molecule has 1 aromatic carbocycles. The second-order valence-corrected chi connectivity index (χ2v) is 5.82. The van der Waals surface area contributed by atoms with Crippen molar-refractivity contribution < 1.29 is 9.13 Å². The Morgan fingerprint density at radius 2 is 1.86 bits per heavy atom. The molecule has 1 N–H and O–H groups in total. The molecule has 22 heavy (non-hydrogen) atoms. The Hall–Kier alpha value is -0.550. The van der Waals surface area contributed by atoms with Gasteiger partial charge in [-0.15, -0.1) is 24.8 Å². The van der Waals surface area contributed by atoms with Gasteiger partial charge in [0.1, 0.15) is 11.6 Å². The molecular formula is C16H27Cl2FN2O. The third-order valence-corrected chi connectivity index (χ3v) is 3.84. The zero-order valence-corrected chi connectivity index (χ0v) is 15.1. The molecule has 6 heteroatoms. The highest BCUT2D eigenvalue weighted by molar-refractivity contribution is 5.85. The minimum atomic E-state index is -0.241. The Kier molecular flexibility index (Phi) is 10.0. The molecule has 0 radical (unpaired) electrons. The molecule has 1 saturated heterocycles. The van der Waals surface area contributed by atoms with Crippen molar-refractivity contribution >= 4 is 24.8 Å². The van der Waals surface area contributed by atoms with Crippen molar-refractivity contribution in [2.75, 3.05) is 33.3 Å². The maximum atomic E-state index is 13.4. The van der Waals surface area contributed by atoms with Gasteiger partial charge in [0, 0.05) is 43.9 Å². The molecule has 2 rings (SSSR count). The first-order valence-electron chi connectivity index (χ1n) is 7.40. The van der Waals surface area contributed by atoms with Gasteiger partial charge in [0.2, 0.25) is 0 Å². The van der Waals surface area contributed by atoms with E-state index < -0.39 is 0 Å². The topological polar surface area (TPSA) is 24.5 Å². The van der Waals surface area contributed by atoms with Gasteiger partial charge in [-0.1, -0.05) is 19.9 Å². The van der Waals surface area contributed by atoms with Gasteiger partial charge in [-0.3, -0.25) is 4.90 Å². The van der Waals surface area contributed by atoms with Crippen LogP contribution in [-0.2, 0) is 0 Å². The molecule has 0 aromatic heterocycles. The summed E-state index contributed by atoms with van der Waals surface area (Å²) < 4.78 is 18.8. The standard InChI is InChI=1S/C16H25FN2O.2ClH/c1-12(2)10-15(19-8-6-18-7-9-19)14-5-4-13(17)11-16(14)20-3;;/h4-5,11-12,15,18H,6-10H2,1-3H3;2*1H/t15-;;/m0../s1. The van der Waals surface area contributed by atoms with Crippen LogP contribution in [0, 0.1) is 11.7 Å². The maximum absolute atomic E-state index is 13.4. The summed E-state index contributed by atoms with van der Waals surface area (Å²) in [5, 5.41) is 3.38. The summed E-state index contributed by atoms with van der Waals surface area (Å²) in [5.74, 6) is 1.01. The average molecular weight is 353 g/mol. The maximum Gasteiger partial charge on any atom is 0.126 e. The van der Waals surface area contributed by atoms with Crippen molar-refractivity contribution in [1.82, 2.24) is 10.2 Å². The Balaban J connectivity index is 0.00000220. The molecule has 128 valence electrons. The first-order valence-corrected chi connectivity index (χ1v) is 7.40. The van der Waals surface area contributed by atoms with Gasteiger partial charge >= 0.3 is 0 Å². The summed E-state index contributed by atoms with van der Waals surface area (Å²) in [4.78, 5) is 2.48. The fourth-order valence-corrected chi connectivity index (χ4v) is 2.87. The largest absolute Gasteiger partial charge is 0.496 e. The molecule has 0 unspecified atom stereocenters. The Morgan fingerprint density at radius 3 is 2.41 bits per heavy atom. The van der Waals surface area contributed by atoms with E-state index in [1.807, 2.05) is 6.07 Å². The third-order valence-electron chi connectivity index (χ3n) is 3.84. The number of benzene rings is 1. The zero-order chi connectivity index (χ0) is 14.5. The molecular weight excluding hydrogens is 326 g/mol. The summed E-state index contributed by atoms with van der Waals surface area (Å²) in [7, 11) is 1.61. The molecule has 1 heterocycles. The summed E-state index contributed by atoms with van der Waals surface area (Å²) in [5.41, 5.74) is 1.10. The number of ether oxygens (including phenoxy) is 1. The monoisotopic (exact) mass is 352 g/mol. The minimum absolute atomic E-state index is 0. The van der Waals surface area contributed by atoms with E-state index in [2.05, 4.69) is 24.1 Å². The number of nitrogens with one attached hydrogen (secondary N) is 1. The SMILES string of the molecule is COc1cc(F)ccc1[C@H](CC(C)C)N1CCNCC1.Cl.Cl. The van der Waals surface area contributed by atoms with Crippen LogP contribution in [0.15, 0.2) is 18.2 Å². The molecule has 1 aliphatic heterocycles. The van der Waals surface area contributed by atoms with E-state index in [-0.39, 0.29) is 30.6 Å². The van der Waals surface area contributed by atoms with E-state index in [1.165, 1.54) is 12.1 Å². The average Bonchev–Trinajstić information content (AvgIpc) is 2.45. The predicted octanol–water partition coefficient (Wildman–Crippen LogP) is 3.67. The van der Waals surface area contributed by atoms with Gasteiger partial charge in [-0.25, -0.2) is 4.39 Å². The Labute approximate surface area is 145 Å². The minimum Gasteiger partial charge on any atom is -0.496 e. The van der Waals surface area contributed by atoms with Crippen molar-refractivity contribution in [2.24, 2.45) is 5.92 Å². The quantitative estimate of drug-likeness (QED) is 0.874. The number of nitrogens with zero attached hydrogens (tertiary/aromatic N) is 1. The molecule has 0 spiro atoms. The van der Waals surface area contributed by atoms with Crippen molar-refractivity contribution in [3.8, 4) is 5.75 Å². The lowest BCUT2D eigenvalue weighted by molar-refractivity contribution is 0.151. The molecule has 0 amide bonds. The van der Waals surface area contributed by atoms with Crippen molar-refractivity contribution in [3.05, 3.63) is 29.6 Å². The highest BCUT2D eigenvalue weighted by atomic mass is 35.5. The summed E-state index contributed by atoms with van der Waals surface area (Å²) in [6, 6.07) is 5.20. The Bertz CT molecular complexity index is 440. The van der Waals surface area contributed by atoms with Crippen molar-refractivity contribution in [1.29, 1.82) is 0 Å². The van der Waals surface area contributed by atoms with Gasteiger partial charge in [0.05, 0.1) is 7.11 Å². The van der Waals surface area contributed by atoms with E-state index in [0.717, 1.165) is 38.2 Å². The molecule has 1 aromatic rings. The lowest BCUT2D eigenvalue weighted by Crippen LogP contribution is -2.45. The predicted molar refractivity (Wildman–Crippen MR) is 94.1 cm³/mol. The van der Waals surface area contributed by atoms with Crippen molar-refractivity contribution in [2.45, 2.75) is 26.3 Å². The second kappa shape index (κ2) is 10.3. The number of hydrogen-bond acceptors (Lipinski definition) is 3. The van der Waals surface area contributed by atoms with Gasteiger partial charge in [-0.2, -0.15) is 0 Å². The zero-order valence-electron chi connectivity index (χ0n) is 13.5. The molecule has 1 aliphatic rings. The Morgan fingerprint density at radius 1 is 1.23 bits per heavy atom. The fourth-order valence-electron chi connectivity index (χ4n) is 2.87. The molecule has 0 saturated carbocycles. The molecule has 1 fully saturated rings. The van der Waals surface area contributed by atoms with Crippen LogP contribution < -0.4 is 10.1 Å². The summed E-state index contributed by atoms with van der Waals surface area (Å²) in [6.07, 6.45) is 1.06. The van der Waals surface area contributed by atoms with E-state index in [0.29, 0.717) is 17.7 Å². The van der Waals surface area contributed by atoms with Crippen molar-refractivity contribution in [3.63, 3.8) is 0 Å². The fraction of sp³-hybridized carbons (Fsp3) is 0.625. The first-order chi connectivity index (χ1) is 9.61. The summed E-state index contributed by atoms with van der Waals surface area (Å²) >= 11 is 0. The van der Waals surface area contributed by atoms with E-state index in [9.17, 15) is 4.39 Å². The van der Waals surface area contributed by atoms with Gasteiger partial charge < -0.3 is 10.1 Å². The molecule has 0 aliphatic carbocycles. The molecule has 3 nitrogen and oxygen atoms in total. The summed E-state index contributed by atoms with van der Waals surface area (Å²) in [6.45, 7) is 8.53. The van der Waals surface area contributed by atoms with Crippen LogP contribution >= 0.6 is 24.8 Å². The number of rotatable bonds is 5. The number of halogens is 3. The molecule has 1 atom stereocenters. The lowest BCUT2D eigenvalue weighted by Gasteiger charge is -2.36. The van der Waals surface area contributed by atoms with Gasteiger partial charge in [0.15, 0.2) is 0 Å². The van der Waals surface area contributed by atoms with Crippen LogP contribution in [0.1, 0.15) is 31.9 Å². The van der Waals surface area contributed by atoms with Crippen LogP contribution in [0.4, 0.5) is 4.39 Å². The highest BCUT2D eigenvalue weighted by Gasteiger charge is 2.25. The highest BCUT2D eigenvalue weighted by Crippen LogP contribution is 2.34. The van der Waals surface area contributed by atoms with E-state index >= 15 is 0 Å². The van der Waals surface area contributed by atoms with Crippen LogP contribution in [0.3, 0.4) is 0 Å². The molecule has 0 bridgehead atoms. The van der Waals surface area contributed by atoms with Crippen LogP contribution in [-0.4, -0.2) is 38.2 Å². The van der Waals surface area contributed by atoms with E-state index in [4.69, 9.17) is 4.74 Å². The van der Waals surface area contributed by atoms with E-state index in [1.54, 1.807) is 7.11 Å². The first kappa shape index (κ1) is 21.4. The van der Waals surface area contributed by atoms with Gasteiger partial charge in [-0.05, 0) is 18.4 Å². The number of piperazine rings is 1. The van der Waals surface area contributed by atoms with Crippen LogP contribution in [0.2, 0.25) is 0 Å². The number of methoxy groups -OCH3 is 1. The second-order valence-electron chi connectivity index (χ2n) is 5.82. The number of hydrogen-bond donors (Lipinski definition) is 1. The van der Waals surface area contributed by atoms with Crippen LogP contribution in [0.5, 0.6) is 5.75 Å².